The lowest BCUT2D eigenvalue weighted by Crippen LogP contribution is -2.32. The Morgan fingerprint density at radius 1 is 1.35 bits per heavy atom. The Hall–Kier alpha value is -1.10. The van der Waals surface area contributed by atoms with E-state index in [1.54, 1.807) is 24.3 Å². The van der Waals surface area contributed by atoms with Crippen molar-refractivity contribution in [3.8, 4) is 0 Å². The molecule has 0 radical (unpaired) electrons. The van der Waals surface area contributed by atoms with Crippen LogP contribution in [0.1, 0.15) is 31.9 Å². The number of carboxylic acids is 1. The zero-order chi connectivity index (χ0) is 15.0. The molecule has 1 unspecified atom stereocenters. The highest BCUT2D eigenvalue weighted by Gasteiger charge is 2.21. The normalized spacial score (nSPS) is 12.6. The summed E-state index contributed by atoms with van der Waals surface area (Å²) in [5.74, 6) is -0.902. The van der Waals surface area contributed by atoms with Gasteiger partial charge in [-0.25, -0.2) is 0 Å². The molecule has 0 aliphatic rings. The minimum absolute atomic E-state index is 0.483. The molecule has 1 aromatic rings. The van der Waals surface area contributed by atoms with Crippen LogP contribution in [0.15, 0.2) is 24.3 Å². The van der Waals surface area contributed by atoms with E-state index in [2.05, 4.69) is 24.1 Å². The summed E-state index contributed by atoms with van der Waals surface area (Å²) < 4.78 is 0. The van der Waals surface area contributed by atoms with Gasteiger partial charge in [0.25, 0.3) is 0 Å². The molecule has 5 heteroatoms. The molecule has 0 amide bonds. The molecule has 0 aromatic heterocycles. The van der Waals surface area contributed by atoms with E-state index < -0.39 is 12.0 Å². The van der Waals surface area contributed by atoms with Crippen molar-refractivity contribution in [1.82, 2.24) is 10.2 Å². The van der Waals surface area contributed by atoms with Crippen LogP contribution in [0, 0.1) is 0 Å². The molecule has 2 N–H and O–H groups in total. The summed E-state index contributed by atoms with van der Waals surface area (Å²) >= 11 is 6.06. The molecular formula is C15H23ClN2O2. The minimum Gasteiger partial charge on any atom is -0.480 e. The Morgan fingerprint density at radius 3 is 2.55 bits per heavy atom. The summed E-state index contributed by atoms with van der Waals surface area (Å²) in [5.41, 5.74) is 0.615. The van der Waals surface area contributed by atoms with Gasteiger partial charge < -0.3 is 15.3 Å². The van der Waals surface area contributed by atoms with Crippen LogP contribution in [0.25, 0.3) is 0 Å². The highest BCUT2D eigenvalue weighted by molar-refractivity contribution is 6.31. The van der Waals surface area contributed by atoms with Crippen molar-refractivity contribution >= 4 is 17.6 Å². The number of nitrogens with one attached hydrogen (secondary N) is 1. The fourth-order valence-electron chi connectivity index (χ4n) is 2.13. The van der Waals surface area contributed by atoms with Crippen LogP contribution < -0.4 is 5.32 Å². The Kier molecular flexibility index (Phi) is 7.59. The van der Waals surface area contributed by atoms with Gasteiger partial charge in [-0.05, 0) is 44.2 Å². The summed E-state index contributed by atoms with van der Waals surface area (Å²) in [6.45, 7) is 7.90. The average molecular weight is 299 g/mol. The lowest BCUT2D eigenvalue weighted by atomic mass is 10.1. The third-order valence-corrected chi connectivity index (χ3v) is 3.70. The average Bonchev–Trinajstić information content (AvgIpc) is 2.44. The van der Waals surface area contributed by atoms with E-state index in [9.17, 15) is 9.90 Å². The Bertz CT molecular complexity index is 422. The van der Waals surface area contributed by atoms with Gasteiger partial charge in [-0.2, -0.15) is 0 Å². The van der Waals surface area contributed by atoms with Gasteiger partial charge in [0.15, 0.2) is 0 Å². The molecule has 4 nitrogen and oxygen atoms in total. The molecule has 112 valence electrons. The van der Waals surface area contributed by atoms with Crippen LogP contribution in [0.3, 0.4) is 0 Å². The predicted molar refractivity (Wildman–Crippen MR) is 82.2 cm³/mol. The van der Waals surface area contributed by atoms with E-state index in [-0.39, 0.29) is 0 Å². The first kappa shape index (κ1) is 17.0. The molecule has 0 aliphatic carbocycles. The Morgan fingerprint density at radius 2 is 2.00 bits per heavy atom. The molecule has 1 atom stereocenters. The molecular weight excluding hydrogens is 276 g/mol. The summed E-state index contributed by atoms with van der Waals surface area (Å²) in [5, 5.41) is 12.9. The Balaban J connectivity index is 2.53. The third-order valence-electron chi connectivity index (χ3n) is 3.36. The molecule has 0 bridgehead atoms. The molecule has 0 fully saturated rings. The molecule has 20 heavy (non-hydrogen) atoms. The number of carboxylic acid groups (broad SMARTS) is 1. The van der Waals surface area contributed by atoms with Gasteiger partial charge in [0.1, 0.15) is 6.04 Å². The Labute approximate surface area is 125 Å². The molecule has 0 saturated carbocycles. The van der Waals surface area contributed by atoms with Crippen molar-refractivity contribution < 1.29 is 9.90 Å². The zero-order valence-electron chi connectivity index (χ0n) is 12.1. The highest BCUT2D eigenvalue weighted by Crippen LogP contribution is 2.22. The predicted octanol–water partition coefficient (Wildman–Crippen LogP) is 2.79. The van der Waals surface area contributed by atoms with Crippen LogP contribution in [-0.2, 0) is 4.79 Å². The van der Waals surface area contributed by atoms with E-state index in [0.717, 1.165) is 26.1 Å². The second kappa shape index (κ2) is 8.95. The first-order chi connectivity index (χ1) is 9.60. The van der Waals surface area contributed by atoms with E-state index in [1.807, 2.05) is 0 Å². The molecule has 1 rings (SSSR count). The van der Waals surface area contributed by atoms with Gasteiger partial charge in [-0.15, -0.1) is 0 Å². The van der Waals surface area contributed by atoms with Gasteiger partial charge in [-0.1, -0.05) is 43.6 Å². The molecule has 0 heterocycles. The zero-order valence-corrected chi connectivity index (χ0v) is 12.9. The molecule has 1 aromatic carbocycles. The number of nitrogens with zero attached hydrogens (tertiary/aromatic N) is 1. The summed E-state index contributed by atoms with van der Waals surface area (Å²) in [6.07, 6.45) is 0.913. The number of benzene rings is 1. The van der Waals surface area contributed by atoms with Crippen LogP contribution in [0.5, 0.6) is 0 Å². The van der Waals surface area contributed by atoms with Crippen molar-refractivity contribution in [3.63, 3.8) is 0 Å². The lowest BCUT2D eigenvalue weighted by Gasteiger charge is -2.20. The summed E-state index contributed by atoms with van der Waals surface area (Å²) in [6, 6.07) is 6.31. The summed E-state index contributed by atoms with van der Waals surface area (Å²) in [4.78, 5) is 13.7. The van der Waals surface area contributed by atoms with Gasteiger partial charge >= 0.3 is 5.97 Å². The number of hydrogen-bond donors (Lipinski definition) is 2. The maximum absolute atomic E-state index is 11.4. The summed E-state index contributed by atoms with van der Waals surface area (Å²) in [7, 11) is 0. The lowest BCUT2D eigenvalue weighted by molar-refractivity contribution is -0.139. The van der Waals surface area contributed by atoms with Gasteiger partial charge in [0, 0.05) is 5.02 Å². The fraction of sp³-hybridized carbons (Fsp3) is 0.533. The largest absolute Gasteiger partial charge is 0.480 e. The molecule has 0 spiro atoms. The second-order valence-corrected chi connectivity index (χ2v) is 5.03. The first-order valence-corrected chi connectivity index (χ1v) is 7.40. The maximum Gasteiger partial charge on any atom is 0.325 e. The smallest absolute Gasteiger partial charge is 0.325 e. The van der Waals surface area contributed by atoms with Crippen molar-refractivity contribution in [2.75, 3.05) is 26.2 Å². The van der Waals surface area contributed by atoms with Crippen molar-refractivity contribution in [1.29, 1.82) is 0 Å². The van der Waals surface area contributed by atoms with Crippen molar-refractivity contribution in [2.45, 2.75) is 26.3 Å². The van der Waals surface area contributed by atoms with Crippen LogP contribution >= 0.6 is 11.6 Å². The van der Waals surface area contributed by atoms with Gasteiger partial charge in [-0.3, -0.25) is 4.79 Å². The number of hydrogen-bond acceptors (Lipinski definition) is 3. The standard InChI is InChI=1S/C15H23ClN2O2/c1-3-18(4-2)11-7-10-17-14(15(19)20)12-8-5-6-9-13(12)16/h5-6,8-9,14,17H,3-4,7,10-11H2,1-2H3,(H,19,20). The molecule has 0 aliphatic heterocycles. The van der Waals surface area contributed by atoms with Crippen molar-refractivity contribution in [2.24, 2.45) is 0 Å². The van der Waals surface area contributed by atoms with E-state index in [0.29, 0.717) is 17.1 Å². The maximum atomic E-state index is 11.4. The number of aliphatic carboxylic acids is 1. The van der Waals surface area contributed by atoms with Crippen LogP contribution in [0.4, 0.5) is 0 Å². The van der Waals surface area contributed by atoms with E-state index >= 15 is 0 Å². The van der Waals surface area contributed by atoms with Crippen molar-refractivity contribution in [3.05, 3.63) is 34.9 Å². The van der Waals surface area contributed by atoms with Gasteiger partial charge in [0.05, 0.1) is 0 Å². The van der Waals surface area contributed by atoms with Crippen LogP contribution in [0.2, 0.25) is 5.02 Å². The number of halogens is 1. The molecule has 0 saturated heterocycles. The SMILES string of the molecule is CCN(CC)CCCNC(C(=O)O)c1ccccc1Cl. The minimum atomic E-state index is -0.902. The quantitative estimate of drug-likeness (QED) is 0.688. The first-order valence-electron chi connectivity index (χ1n) is 7.03. The van der Waals surface area contributed by atoms with E-state index in [4.69, 9.17) is 11.6 Å². The number of rotatable bonds is 9. The second-order valence-electron chi connectivity index (χ2n) is 4.63. The van der Waals surface area contributed by atoms with E-state index in [1.165, 1.54) is 0 Å². The fourth-order valence-corrected chi connectivity index (χ4v) is 2.37. The van der Waals surface area contributed by atoms with Gasteiger partial charge in [0.2, 0.25) is 0 Å². The third kappa shape index (κ3) is 5.12. The number of carbonyl (C=O) groups is 1. The van der Waals surface area contributed by atoms with Crippen LogP contribution in [-0.4, -0.2) is 42.2 Å². The monoisotopic (exact) mass is 298 g/mol. The topological polar surface area (TPSA) is 52.6 Å². The highest BCUT2D eigenvalue weighted by atomic mass is 35.5.